The van der Waals surface area contributed by atoms with Crippen molar-refractivity contribution in [1.29, 1.82) is 0 Å². The van der Waals surface area contributed by atoms with E-state index < -0.39 is 22.0 Å². The van der Waals surface area contributed by atoms with E-state index in [9.17, 15) is 18.3 Å². The molecule has 7 nitrogen and oxygen atoms in total. The first-order chi connectivity index (χ1) is 12.3. The Hall–Kier alpha value is -1.69. The molecule has 1 heterocycles. The first kappa shape index (κ1) is 19.1. The van der Waals surface area contributed by atoms with Crippen LogP contribution in [0.4, 0.5) is 5.69 Å². The molecule has 0 spiro atoms. The van der Waals surface area contributed by atoms with E-state index in [4.69, 9.17) is 11.6 Å². The van der Waals surface area contributed by atoms with Crippen LogP contribution in [0, 0.1) is 3.57 Å². The molecule has 0 saturated heterocycles. The fourth-order valence-electron chi connectivity index (χ4n) is 2.34. The molecular weight excluding hydrogens is 493 g/mol. The number of rotatable bonds is 4. The SMILES string of the molecule is O=C(NCC(O)c1cccc(Cl)c1)C1=NS(=O)(=O)c2cc(I)ccc2N1. The number of nitrogens with one attached hydrogen (secondary N) is 2. The van der Waals surface area contributed by atoms with Crippen LogP contribution >= 0.6 is 34.2 Å². The van der Waals surface area contributed by atoms with Crippen LogP contribution in [0.3, 0.4) is 0 Å². The van der Waals surface area contributed by atoms with Crippen LogP contribution in [0.15, 0.2) is 51.8 Å². The second kappa shape index (κ2) is 7.51. The summed E-state index contributed by atoms with van der Waals surface area (Å²) >= 11 is 7.86. The Morgan fingerprint density at radius 2 is 2.08 bits per heavy atom. The fourth-order valence-corrected chi connectivity index (χ4v) is 4.38. The smallest absolute Gasteiger partial charge is 0.288 e. The van der Waals surface area contributed by atoms with Gasteiger partial charge in [0.2, 0.25) is 5.84 Å². The topological polar surface area (TPSA) is 108 Å². The van der Waals surface area contributed by atoms with Crippen molar-refractivity contribution in [1.82, 2.24) is 5.32 Å². The van der Waals surface area contributed by atoms with Gasteiger partial charge in [0.05, 0.1) is 11.8 Å². The van der Waals surface area contributed by atoms with E-state index in [-0.39, 0.29) is 23.0 Å². The number of aliphatic hydroxyl groups excluding tert-OH is 1. The molecule has 1 atom stereocenters. The van der Waals surface area contributed by atoms with Gasteiger partial charge in [0.15, 0.2) is 0 Å². The number of carbonyl (C=O) groups excluding carboxylic acids is 1. The van der Waals surface area contributed by atoms with E-state index in [2.05, 4.69) is 15.0 Å². The van der Waals surface area contributed by atoms with Gasteiger partial charge in [0.1, 0.15) is 4.90 Å². The molecule has 0 saturated carbocycles. The largest absolute Gasteiger partial charge is 0.387 e. The molecule has 2 aromatic rings. The van der Waals surface area contributed by atoms with Gasteiger partial charge in [0.25, 0.3) is 15.9 Å². The van der Waals surface area contributed by atoms with Gasteiger partial charge in [-0.25, -0.2) is 0 Å². The zero-order valence-corrected chi connectivity index (χ0v) is 16.8. The predicted molar refractivity (Wildman–Crippen MR) is 107 cm³/mol. The third kappa shape index (κ3) is 4.17. The van der Waals surface area contributed by atoms with E-state index >= 15 is 0 Å². The van der Waals surface area contributed by atoms with Crippen molar-refractivity contribution >= 4 is 61.6 Å². The number of amides is 1. The Morgan fingerprint density at radius 3 is 2.81 bits per heavy atom. The Balaban J connectivity index is 1.73. The summed E-state index contributed by atoms with van der Waals surface area (Å²) in [5.41, 5.74) is 0.810. The van der Waals surface area contributed by atoms with Crippen LogP contribution < -0.4 is 10.6 Å². The van der Waals surface area contributed by atoms with Crippen molar-refractivity contribution in [3.63, 3.8) is 0 Å². The Kier molecular flexibility index (Phi) is 5.51. The monoisotopic (exact) mass is 505 g/mol. The summed E-state index contributed by atoms with van der Waals surface area (Å²) in [4.78, 5) is 12.3. The molecule has 3 rings (SSSR count). The summed E-state index contributed by atoms with van der Waals surface area (Å²) < 4.78 is 28.8. The molecule has 136 valence electrons. The van der Waals surface area contributed by atoms with Gasteiger partial charge in [-0.05, 0) is 58.5 Å². The zero-order chi connectivity index (χ0) is 18.9. The van der Waals surface area contributed by atoms with Gasteiger partial charge in [-0.3, -0.25) is 4.79 Å². The summed E-state index contributed by atoms with van der Waals surface area (Å²) in [6, 6.07) is 11.3. The highest BCUT2D eigenvalue weighted by molar-refractivity contribution is 14.1. The number of halogens is 2. The van der Waals surface area contributed by atoms with E-state index in [0.717, 1.165) is 3.57 Å². The molecule has 1 amide bonds. The highest BCUT2D eigenvalue weighted by Gasteiger charge is 2.28. The average molecular weight is 506 g/mol. The van der Waals surface area contributed by atoms with Gasteiger partial charge in [0, 0.05) is 15.1 Å². The standard InChI is InChI=1S/C16H13ClIN3O4S/c17-10-3-1-2-9(6-10)13(22)8-19-16(23)15-20-12-5-4-11(18)7-14(12)26(24,25)21-15/h1-7,13,22H,8H2,(H,19,23)(H,20,21). The number of nitrogens with zero attached hydrogens (tertiary/aromatic N) is 1. The van der Waals surface area contributed by atoms with Gasteiger partial charge in [-0.1, -0.05) is 23.7 Å². The number of benzene rings is 2. The maximum Gasteiger partial charge on any atom is 0.288 e. The summed E-state index contributed by atoms with van der Waals surface area (Å²) in [5.74, 6) is -1.09. The molecule has 10 heteroatoms. The molecule has 0 bridgehead atoms. The number of amidine groups is 1. The van der Waals surface area contributed by atoms with Crippen LogP contribution in [0.25, 0.3) is 0 Å². The normalized spacial score (nSPS) is 16.0. The molecule has 0 fully saturated rings. The predicted octanol–water partition coefficient (Wildman–Crippen LogP) is 2.31. The maximum absolute atomic E-state index is 12.3. The second-order valence-corrected chi connectivity index (χ2v) is 8.72. The number of hydrogen-bond donors (Lipinski definition) is 3. The third-order valence-electron chi connectivity index (χ3n) is 3.59. The molecule has 0 aromatic heterocycles. The maximum atomic E-state index is 12.3. The Bertz CT molecular complexity index is 1010. The lowest BCUT2D eigenvalue weighted by Crippen LogP contribution is -2.39. The van der Waals surface area contributed by atoms with Gasteiger partial charge in [-0.2, -0.15) is 8.42 Å². The molecule has 2 aromatic carbocycles. The fraction of sp³-hybridized carbons (Fsp3) is 0.125. The van der Waals surface area contributed by atoms with Crippen molar-refractivity contribution < 1.29 is 18.3 Å². The molecule has 3 N–H and O–H groups in total. The molecule has 1 unspecified atom stereocenters. The summed E-state index contributed by atoms with van der Waals surface area (Å²) in [7, 11) is -3.98. The second-order valence-electron chi connectivity index (χ2n) is 5.46. The minimum atomic E-state index is -3.98. The van der Waals surface area contributed by atoms with E-state index in [1.807, 2.05) is 22.6 Å². The lowest BCUT2D eigenvalue weighted by molar-refractivity contribution is -0.115. The number of aliphatic hydroxyl groups is 1. The molecule has 0 aliphatic carbocycles. The summed E-state index contributed by atoms with van der Waals surface area (Å²) in [6.45, 7) is -0.126. The number of fused-ring (bicyclic) bond motifs is 1. The Labute approximate surface area is 168 Å². The van der Waals surface area contributed by atoms with Crippen LogP contribution in [-0.4, -0.2) is 31.8 Å². The first-order valence-corrected chi connectivity index (χ1v) is 10.3. The van der Waals surface area contributed by atoms with Crippen LogP contribution in [0.5, 0.6) is 0 Å². The zero-order valence-electron chi connectivity index (χ0n) is 13.1. The minimum Gasteiger partial charge on any atom is -0.387 e. The summed E-state index contributed by atoms with van der Waals surface area (Å²) in [5, 5.41) is 15.8. The lowest BCUT2D eigenvalue weighted by atomic mass is 10.1. The average Bonchev–Trinajstić information content (AvgIpc) is 2.59. The quantitative estimate of drug-likeness (QED) is 0.553. The highest BCUT2D eigenvalue weighted by Crippen LogP contribution is 2.28. The molecular formula is C16H13ClIN3O4S. The van der Waals surface area contributed by atoms with Crippen molar-refractivity contribution in [2.75, 3.05) is 11.9 Å². The third-order valence-corrected chi connectivity index (χ3v) is 5.81. The van der Waals surface area contributed by atoms with Crippen molar-refractivity contribution in [3.8, 4) is 0 Å². The molecule has 1 aliphatic rings. The summed E-state index contributed by atoms with van der Waals surface area (Å²) in [6.07, 6.45) is -0.993. The van der Waals surface area contributed by atoms with Gasteiger partial charge < -0.3 is 15.7 Å². The van der Waals surface area contributed by atoms with E-state index in [1.54, 1.807) is 36.4 Å². The number of anilines is 1. The van der Waals surface area contributed by atoms with Gasteiger partial charge >= 0.3 is 0 Å². The Morgan fingerprint density at radius 1 is 1.31 bits per heavy atom. The first-order valence-electron chi connectivity index (χ1n) is 7.39. The van der Waals surface area contributed by atoms with E-state index in [1.165, 1.54) is 6.07 Å². The van der Waals surface area contributed by atoms with Crippen molar-refractivity contribution in [2.45, 2.75) is 11.0 Å². The molecule has 0 radical (unpaired) electrons. The highest BCUT2D eigenvalue weighted by atomic mass is 127. The molecule has 1 aliphatic heterocycles. The minimum absolute atomic E-state index is 0.0138. The van der Waals surface area contributed by atoms with Crippen molar-refractivity contribution in [3.05, 3.63) is 56.6 Å². The van der Waals surface area contributed by atoms with Crippen molar-refractivity contribution in [2.24, 2.45) is 4.40 Å². The van der Waals surface area contributed by atoms with Gasteiger partial charge in [-0.15, -0.1) is 4.40 Å². The van der Waals surface area contributed by atoms with Crippen LogP contribution in [-0.2, 0) is 14.8 Å². The number of carbonyl (C=O) groups is 1. The number of sulfonamides is 1. The lowest BCUT2D eigenvalue weighted by Gasteiger charge is -2.18. The molecule has 26 heavy (non-hydrogen) atoms. The van der Waals surface area contributed by atoms with Crippen LogP contribution in [0.1, 0.15) is 11.7 Å². The van der Waals surface area contributed by atoms with E-state index in [0.29, 0.717) is 10.6 Å². The number of hydrogen-bond acceptors (Lipinski definition) is 5. The van der Waals surface area contributed by atoms with Crippen LogP contribution in [0.2, 0.25) is 5.02 Å².